The number of rotatable bonds is 7. The van der Waals surface area contributed by atoms with Crippen LogP contribution in [0.4, 0.5) is 22.2 Å². The maximum absolute atomic E-state index is 12.0. The van der Waals surface area contributed by atoms with Crippen molar-refractivity contribution in [2.75, 3.05) is 24.3 Å². The van der Waals surface area contributed by atoms with Gasteiger partial charge in [0.1, 0.15) is 22.7 Å². The Labute approximate surface area is 219 Å². The number of aromatic nitrogens is 2. The molecule has 0 aliphatic heterocycles. The minimum atomic E-state index is -0.484. The maximum atomic E-state index is 12.0. The van der Waals surface area contributed by atoms with E-state index in [1.165, 1.54) is 0 Å². The second kappa shape index (κ2) is 12.1. The topological polar surface area (TPSA) is 97.4 Å². The van der Waals surface area contributed by atoms with Crippen molar-refractivity contribution in [2.24, 2.45) is 5.92 Å². The monoisotopic (exact) mass is 513 g/mol. The highest BCUT2D eigenvalue weighted by atomic mass is 35.5. The number of nitrogens with one attached hydrogen (secondary N) is 3. The highest BCUT2D eigenvalue weighted by Gasteiger charge is 2.24. The Morgan fingerprint density at radius 2 is 1.72 bits per heavy atom. The number of hydrogen-bond acceptors (Lipinski definition) is 7. The lowest BCUT2D eigenvalue weighted by atomic mass is 9.86. The third-order valence-electron chi connectivity index (χ3n) is 6.06. The van der Waals surface area contributed by atoms with Crippen LogP contribution in [0.5, 0.6) is 5.75 Å². The molecule has 0 radical (unpaired) electrons. The molecule has 0 atom stereocenters. The van der Waals surface area contributed by atoms with Crippen LogP contribution < -0.4 is 20.7 Å². The number of alkyl carbamates (subject to hydrolysis) is 1. The molecule has 0 bridgehead atoms. The molecule has 0 spiro atoms. The number of hydrogen-bond donors (Lipinski definition) is 3. The lowest BCUT2D eigenvalue weighted by Crippen LogP contribution is -2.37. The second-order valence-electron chi connectivity index (χ2n) is 9.99. The van der Waals surface area contributed by atoms with Crippen molar-refractivity contribution in [3.05, 3.63) is 48.5 Å². The summed E-state index contributed by atoms with van der Waals surface area (Å²) in [6.45, 7) is 6.24. The Balaban J connectivity index is 0.00000361. The number of benzene rings is 2. The molecular formula is C27H36ClN5O3. The summed E-state index contributed by atoms with van der Waals surface area (Å²) < 4.78 is 10.9. The summed E-state index contributed by atoms with van der Waals surface area (Å²) >= 11 is 0. The van der Waals surface area contributed by atoms with E-state index in [4.69, 9.17) is 19.4 Å². The maximum Gasteiger partial charge on any atom is 0.407 e. The van der Waals surface area contributed by atoms with Gasteiger partial charge in [0.25, 0.3) is 0 Å². The number of anilines is 3. The first kappa shape index (κ1) is 27.3. The van der Waals surface area contributed by atoms with Gasteiger partial charge in [-0.2, -0.15) is 4.98 Å². The molecule has 1 amide bonds. The minimum Gasteiger partial charge on any atom is -0.494 e. The Morgan fingerprint density at radius 1 is 1.00 bits per heavy atom. The summed E-state index contributed by atoms with van der Waals surface area (Å²) in [5.74, 6) is 2.46. The van der Waals surface area contributed by atoms with Crippen LogP contribution in [0, 0.1) is 5.92 Å². The van der Waals surface area contributed by atoms with Gasteiger partial charge in [-0.3, -0.25) is 0 Å². The molecule has 3 N–H and O–H groups in total. The zero-order chi connectivity index (χ0) is 24.8. The third-order valence-corrected chi connectivity index (χ3v) is 6.06. The van der Waals surface area contributed by atoms with Crippen LogP contribution in [-0.2, 0) is 4.74 Å². The number of carbonyl (C=O) groups excluding carboxylic acids is 1. The Kier molecular flexibility index (Phi) is 9.20. The normalized spacial score (nSPS) is 17.6. The van der Waals surface area contributed by atoms with Crippen LogP contribution >= 0.6 is 12.4 Å². The molecule has 36 heavy (non-hydrogen) atoms. The lowest BCUT2D eigenvalue weighted by molar-refractivity contribution is 0.0515. The first-order valence-electron chi connectivity index (χ1n) is 12.2. The number of fused-ring (bicyclic) bond motifs is 1. The van der Waals surface area contributed by atoms with Gasteiger partial charge in [-0.1, -0.05) is 24.3 Å². The fourth-order valence-electron chi connectivity index (χ4n) is 4.34. The predicted molar refractivity (Wildman–Crippen MR) is 147 cm³/mol. The number of amides is 1. The van der Waals surface area contributed by atoms with E-state index in [2.05, 4.69) is 16.0 Å². The molecule has 2 aromatic carbocycles. The molecule has 0 unspecified atom stereocenters. The van der Waals surface area contributed by atoms with Gasteiger partial charge in [-0.15, -0.1) is 12.4 Å². The molecule has 194 valence electrons. The van der Waals surface area contributed by atoms with Crippen LogP contribution in [0.25, 0.3) is 10.9 Å². The van der Waals surface area contributed by atoms with Gasteiger partial charge < -0.3 is 25.4 Å². The zero-order valence-corrected chi connectivity index (χ0v) is 22.2. The highest BCUT2D eigenvalue weighted by Crippen LogP contribution is 2.32. The summed E-state index contributed by atoms with van der Waals surface area (Å²) in [7, 11) is 1.65. The summed E-state index contributed by atoms with van der Waals surface area (Å²) in [6.07, 6.45) is 3.64. The van der Waals surface area contributed by atoms with Gasteiger partial charge in [0.15, 0.2) is 0 Å². The van der Waals surface area contributed by atoms with E-state index in [9.17, 15) is 4.79 Å². The first-order valence-corrected chi connectivity index (χ1v) is 12.2. The zero-order valence-electron chi connectivity index (χ0n) is 21.3. The van der Waals surface area contributed by atoms with E-state index in [0.29, 0.717) is 24.2 Å². The van der Waals surface area contributed by atoms with E-state index in [1.807, 2.05) is 69.3 Å². The molecule has 3 aromatic rings. The second-order valence-corrected chi connectivity index (χ2v) is 9.99. The number of ether oxygens (including phenoxy) is 2. The summed E-state index contributed by atoms with van der Waals surface area (Å²) in [5, 5.41) is 10.8. The Morgan fingerprint density at radius 3 is 2.39 bits per heavy atom. The van der Waals surface area contributed by atoms with Crippen molar-refractivity contribution in [2.45, 2.75) is 58.1 Å². The lowest BCUT2D eigenvalue weighted by Gasteiger charge is -2.29. The highest BCUT2D eigenvalue weighted by molar-refractivity contribution is 5.95. The number of carbonyl (C=O) groups is 1. The van der Waals surface area contributed by atoms with Crippen molar-refractivity contribution in [1.82, 2.24) is 15.3 Å². The number of nitrogens with zero attached hydrogens (tertiary/aromatic N) is 2. The van der Waals surface area contributed by atoms with Crippen LogP contribution in [0.2, 0.25) is 0 Å². The molecule has 9 heteroatoms. The van der Waals surface area contributed by atoms with Crippen molar-refractivity contribution < 1.29 is 14.3 Å². The average molecular weight is 514 g/mol. The van der Waals surface area contributed by atoms with E-state index < -0.39 is 5.60 Å². The largest absolute Gasteiger partial charge is 0.494 e. The molecule has 4 rings (SSSR count). The Bertz CT molecular complexity index is 1150. The van der Waals surface area contributed by atoms with E-state index in [0.717, 1.165) is 48.1 Å². The molecule has 1 aliphatic carbocycles. The first-order chi connectivity index (χ1) is 16.8. The molecule has 0 saturated heterocycles. The Hall–Kier alpha value is -3.26. The molecule has 1 aromatic heterocycles. The standard InChI is InChI=1S/C27H35N5O3.ClH/c1-27(2,3)35-26(33)28-17-18-13-15-20(16-14-18)30-25-31-23-21(11-8-12-22(23)34-4)24(32-25)29-19-9-6-5-7-10-19;/h5-12,18,20H,13-17H2,1-4H3,(H,28,33)(H2,29,30,31,32);1H. The van der Waals surface area contributed by atoms with Gasteiger partial charge >= 0.3 is 6.09 Å². The SMILES string of the molecule is COc1cccc2c(Nc3ccccc3)nc(NC3CCC(CNC(=O)OC(C)(C)C)CC3)nc12.Cl. The van der Waals surface area contributed by atoms with Gasteiger partial charge in [0, 0.05) is 23.7 Å². The molecule has 8 nitrogen and oxygen atoms in total. The average Bonchev–Trinajstić information content (AvgIpc) is 2.83. The van der Waals surface area contributed by atoms with Gasteiger partial charge in [0.2, 0.25) is 5.95 Å². The van der Waals surface area contributed by atoms with Gasteiger partial charge in [0.05, 0.1) is 7.11 Å². The smallest absolute Gasteiger partial charge is 0.407 e. The minimum absolute atomic E-state index is 0. The molecule has 1 aliphatic rings. The molecular weight excluding hydrogens is 478 g/mol. The van der Waals surface area contributed by atoms with Crippen LogP contribution in [-0.4, -0.2) is 41.4 Å². The van der Waals surface area contributed by atoms with Crippen LogP contribution in [0.15, 0.2) is 48.5 Å². The molecule has 1 fully saturated rings. The van der Waals surface area contributed by atoms with E-state index >= 15 is 0 Å². The predicted octanol–water partition coefficient (Wildman–Crippen LogP) is 6.30. The summed E-state index contributed by atoms with van der Waals surface area (Å²) in [6, 6.07) is 16.1. The van der Waals surface area contributed by atoms with Crippen molar-refractivity contribution in [3.8, 4) is 5.75 Å². The van der Waals surface area contributed by atoms with Crippen molar-refractivity contribution in [1.29, 1.82) is 0 Å². The number of para-hydroxylation sites is 2. The van der Waals surface area contributed by atoms with Crippen molar-refractivity contribution in [3.63, 3.8) is 0 Å². The van der Waals surface area contributed by atoms with E-state index in [-0.39, 0.29) is 24.5 Å². The molecule has 1 heterocycles. The number of halogens is 1. The molecule has 1 saturated carbocycles. The van der Waals surface area contributed by atoms with Crippen molar-refractivity contribution >= 4 is 46.9 Å². The van der Waals surface area contributed by atoms with E-state index in [1.54, 1.807) is 7.11 Å². The third kappa shape index (κ3) is 7.37. The fourth-order valence-corrected chi connectivity index (χ4v) is 4.34. The number of methoxy groups -OCH3 is 1. The van der Waals surface area contributed by atoms with Gasteiger partial charge in [-0.05, 0) is 76.6 Å². The fraction of sp³-hybridized carbons (Fsp3) is 0.444. The van der Waals surface area contributed by atoms with Crippen LogP contribution in [0.1, 0.15) is 46.5 Å². The quantitative estimate of drug-likeness (QED) is 0.341. The van der Waals surface area contributed by atoms with Crippen LogP contribution in [0.3, 0.4) is 0 Å². The summed E-state index contributed by atoms with van der Waals surface area (Å²) in [4.78, 5) is 21.6. The van der Waals surface area contributed by atoms with Gasteiger partial charge in [-0.25, -0.2) is 9.78 Å². The summed E-state index contributed by atoms with van der Waals surface area (Å²) in [5.41, 5.74) is 1.24.